The third kappa shape index (κ3) is 7.16. The molecule has 0 aliphatic carbocycles. The molecule has 0 radical (unpaired) electrons. The molecule has 0 bridgehead atoms. The van der Waals surface area contributed by atoms with Crippen LogP contribution < -0.4 is 4.74 Å². The second-order valence-electron chi connectivity index (χ2n) is 9.14. The number of hydrogen-bond acceptors (Lipinski definition) is 5. The molecule has 0 saturated carbocycles. The monoisotopic (exact) mass is 465 g/mol. The van der Waals surface area contributed by atoms with Crippen molar-refractivity contribution in [3.63, 3.8) is 0 Å². The lowest BCUT2D eigenvalue weighted by molar-refractivity contribution is 0.00842. The van der Waals surface area contributed by atoms with E-state index < -0.39 is 6.10 Å². The van der Waals surface area contributed by atoms with Gasteiger partial charge in [0.1, 0.15) is 5.75 Å². The van der Waals surface area contributed by atoms with Gasteiger partial charge in [-0.25, -0.2) is 4.68 Å². The van der Waals surface area contributed by atoms with Crippen LogP contribution in [-0.4, -0.2) is 51.7 Å². The Morgan fingerprint density at radius 1 is 1.03 bits per heavy atom. The maximum Gasteiger partial charge on any atom is 0.227 e. The highest BCUT2D eigenvalue weighted by Crippen LogP contribution is 2.32. The van der Waals surface area contributed by atoms with Gasteiger partial charge in [-0.15, -0.1) is 0 Å². The normalized spacial score (nSPS) is 12.5. The molecule has 0 fully saturated rings. The molecule has 0 aliphatic rings. The fourth-order valence-corrected chi connectivity index (χ4v) is 3.74. The number of unbranched alkanes of at least 4 members (excludes halogenated alkanes) is 1. The van der Waals surface area contributed by atoms with Crippen LogP contribution in [0.3, 0.4) is 0 Å². The number of aryl methyl sites for hydroxylation is 2. The molecule has 1 aromatic heterocycles. The van der Waals surface area contributed by atoms with E-state index in [0.717, 1.165) is 35.5 Å². The van der Waals surface area contributed by atoms with E-state index in [-0.39, 0.29) is 6.04 Å². The van der Waals surface area contributed by atoms with Crippen molar-refractivity contribution in [1.82, 2.24) is 14.7 Å². The van der Waals surface area contributed by atoms with Gasteiger partial charge in [0.2, 0.25) is 5.88 Å². The summed E-state index contributed by atoms with van der Waals surface area (Å²) in [6, 6.07) is 18.3. The lowest BCUT2D eigenvalue weighted by Gasteiger charge is -2.29. The second-order valence-corrected chi connectivity index (χ2v) is 9.14. The van der Waals surface area contributed by atoms with E-state index in [1.54, 1.807) is 0 Å². The van der Waals surface area contributed by atoms with Crippen molar-refractivity contribution in [3.8, 4) is 17.3 Å². The lowest BCUT2D eigenvalue weighted by atomic mass is 10.2. The largest absolute Gasteiger partial charge is 0.439 e. The van der Waals surface area contributed by atoms with Crippen LogP contribution >= 0.6 is 0 Å². The summed E-state index contributed by atoms with van der Waals surface area (Å²) >= 11 is 0. The van der Waals surface area contributed by atoms with Crippen LogP contribution in [0.4, 0.5) is 0 Å². The highest BCUT2D eigenvalue weighted by molar-refractivity contribution is 5.43. The van der Waals surface area contributed by atoms with Crippen molar-refractivity contribution in [2.75, 3.05) is 19.8 Å². The molecule has 1 unspecified atom stereocenters. The topological polar surface area (TPSA) is 59.8 Å². The molecular weight excluding hydrogens is 426 g/mol. The van der Waals surface area contributed by atoms with Crippen LogP contribution in [0.25, 0.3) is 5.69 Å². The minimum atomic E-state index is -0.551. The standard InChI is InChI=1S/C28H39N3O3/c1-6-7-17-33-20-25(32)18-30(21(2)3)19-27-23(5)29-31(24-11-9-8-10-12-24)28(27)34-26-15-13-22(4)14-16-26/h8-16,21,25,32H,6-7,17-20H2,1-5H3. The van der Waals surface area contributed by atoms with Gasteiger partial charge in [0, 0.05) is 25.7 Å². The van der Waals surface area contributed by atoms with Crippen molar-refractivity contribution in [2.45, 2.75) is 66.2 Å². The zero-order valence-electron chi connectivity index (χ0n) is 21.2. The molecule has 0 spiro atoms. The zero-order valence-corrected chi connectivity index (χ0v) is 21.2. The summed E-state index contributed by atoms with van der Waals surface area (Å²) in [6.07, 6.45) is 1.55. The van der Waals surface area contributed by atoms with E-state index in [9.17, 15) is 5.11 Å². The molecule has 0 amide bonds. The van der Waals surface area contributed by atoms with Crippen LogP contribution in [0.5, 0.6) is 11.6 Å². The Hall–Kier alpha value is -2.67. The zero-order chi connectivity index (χ0) is 24.5. The van der Waals surface area contributed by atoms with E-state index in [0.29, 0.717) is 32.2 Å². The Bertz CT molecular complexity index is 1000. The number of benzene rings is 2. The molecule has 0 aliphatic heterocycles. The number of hydrogen-bond donors (Lipinski definition) is 1. The first-order valence-corrected chi connectivity index (χ1v) is 12.3. The van der Waals surface area contributed by atoms with Gasteiger partial charge in [0.25, 0.3) is 0 Å². The van der Waals surface area contributed by atoms with Gasteiger partial charge >= 0.3 is 0 Å². The van der Waals surface area contributed by atoms with E-state index in [2.05, 4.69) is 32.6 Å². The number of nitrogens with zero attached hydrogens (tertiary/aromatic N) is 3. The number of aliphatic hydroxyl groups excluding tert-OH is 1. The summed E-state index contributed by atoms with van der Waals surface area (Å²) in [7, 11) is 0. The van der Waals surface area contributed by atoms with Crippen LogP contribution in [-0.2, 0) is 11.3 Å². The summed E-state index contributed by atoms with van der Waals surface area (Å²) in [5.74, 6) is 1.47. The summed E-state index contributed by atoms with van der Waals surface area (Å²) < 4.78 is 14.0. The highest BCUT2D eigenvalue weighted by atomic mass is 16.5. The molecular formula is C28H39N3O3. The molecule has 2 aromatic carbocycles. The Kier molecular flexibility index (Phi) is 9.69. The molecule has 1 atom stereocenters. The van der Waals surface area contributed by atoms with Crippen molar-refractivity contribution >= 4 is 0 Å². The van der Waals surface area contributed by atoms with E-state index >= 15 is 0 Å². The fraction of sp³-hybridized carbons (Fsp3) is 0.464. The Labute approximate surface area is 204 Å². The Morgan fingerprint density at radius 2 is 1.74 bits per heavy atom. The van der Waals surface area contributed by atoms with Gasteiger partial charge in [-0.3, -0.25) is 4.90 Å². The smallest absolute Gasteiger partial charge is 0.227 e. The maximum absolute atomic E-state index is 10.6. The van der Waals surface area contributed by atoms with Crippen molar-refractivity contribution in [1.29, 1.82) is 0 Å². The third-order valence-electron chi connectivity index (χ3n) is 5.86. The van der Waals surface area contributed by atoms with E-state index in [4.69, 9.17) is 14.6 Å². The molecule has 6 nitrogen and oxygen atoms in total. The van der Waals surface area contributed by atoms with Crippen LogP contribution in [0, 0.1) is 13.8 Å². The summed E-state index contributed by atoms with van der Waals surface area (Å²) in [6.45, 7) is 12.7. The van der Waals surface area contributed by atoms with Crippen LogP contribution in [0.1, 0.15) is 50.4 Å². The summed E-state index contributed by atoms with van der Waals surface area (Å²) in [5.41, 5.74) is 4.04. The third-order valence-corrected chi connectivity index (χ3v) is 5.86. The number of para-hydroxylation sites is 1. The maximum atomic E-state index is 10.6. The Morgan fingerprint density at radius 3 is 2.38 bits per heavy atom. The highest BCUT2D eigenvalue weighted by Gasteiger charge is 2.24. The van der Waals surface area contributed by atoms with Crippen molar-refractivity contribution < 1.29 is 14.6 Å². The first-order valence-electron chi connectivity index (χ1n) is 12.3. The molecule has 1 heterocycles. The summed E-state index contributed by atoms with van der Waals surface area (Å²) in [4.78, 5) is 2.25. The number of aliphatic hydroxyl groups is 1. The molecule has 0 saturated heterocycles. The average molecular weight is 466 g/mol. The number of rotatable bonds is 13. The fourth-order valence-electron chi connectivity index (χ4n) is 3.74. The van der Waals surface area contributed by atoms with Gasteiger partial charge in [-0.2, -0.15) is 5.10 Å². The quantitative estimate of drug-likeness (QED) is 0.330. The van der Waals surface area contributed by atoms with Gasteiger partial charge in [0.15, 0.2) is 0 Å². The molecule has 6 heteroatoms. The average Bonchev–Trinajstić information content (AvgIpc) is 3.13. The van der Waals surface area contributed by atoms with Crippen LogP contribution in [0.2, 0.25) is 0 Å². The molecule has 3 aromatic rings. The number of aromatic nitrogens is 2. The van der Waals surface area contributed by atoms with Gasteiger partial charge < -0.3 is 14.6 Å². The molecule has 34 heavy (non-hydrogen) atoms. The summed E-state index contributed by atoms with van der Waals surface area (Å²) in [5, 5.41) is 15.4. The SMILES string of the molecule is CCCCOCC(O)CN(Cc1c(C)nn(-c2ccccc2)c1Oc1ccc(C)cc1)C(C)C. The first kappa shape index (κ1) is 25.9. The molecule has 184 valence electrons. The van der Waals surface area contributed by atoms with Gasteiger partial charge in [0.05, 0.1) is 29.7 Å². The van der Waals surface area contributed by atoms with Crippen LogP contribution in [0.15, 0.2) is 54.6 Å². The first-order chi connectivity index (χ1) is 16.4. The second kappa shape index (κ2) is 12.7. The van der Waals surface area contributed by atoms with Crippen molar-refractivity contribution in [2.24, 2.45) is 0 Å². The van der Waals surface area contributed by atoms with Gasteiger partial charge in [-0.1, -0.05) is 49.2 Å². The lowest BCUT2D eigenvalue weighted by Crippen LogP contribution is -2.39. The number of ether oxygens (including phenoxy) is 2. The minimum absolute atomic E-state index is 0.233. The van der Waals surface area contributed by atoms with Gasteiger partial charge in [-0.05, 0) is 58.4 Å². The molecule has 1 N–H and O–H groups in total. The Balaban J connectivity index is 1.87. The minimum Gasteiger partial charge on any atom is -0.439 e. The molecule has 3 rings (SSSR count). The predicted molar refractivity (Wildman–Crippen MR) is 137 cm³/mol. The predicted octanol–water partition coefficient (Wildman–Crippen LogP) is 5.67. The van der Waals surface area contributed by atoms with E-state index in [1.165, 1.54) is 5.56 Å². The van der Waals surface area contributed by atoms with E-state index in [1.807, 2.05) is 66.2 Å². The van der Waals surface area contributed by atoms with Crippen molar-refractivity contribution in [3.05, 3.63) is 71.4 Å².